The molecule has 0 saturated heterocycles. The second kappa shape index (κ2) is 9.24. The Morgan fingerprint density at radius 3 is 2.24 bits per heavy atom. The van der Waals surface area contributed by atoms with Gasteiger partial charge in [-0.15, -0.1) is 0 Å². The van der Waals surface area contributed by atoms with E-state index >= 15 is 0 Å². The first kappa shape index (κ1) is 21.5. The summed E-state index contributed by atoms with van der Waals surface area (Å²) < 4.78 is 13.0. The molecule has 0 N–H and O–H groups in total. The van der Waals surface area contributed by atoms with Crippen molar-refractivity contribution in [3.05, 3.63) is 119 Å². The number of pyridine rings is 1. The Bertz CT molecular complexity index is 1500. The number of fused-ring (bicyclic) bond motifs is 1. The fourth-order valence-electron chi connectivity index (χ4n) is 4.05. The first-order valence-electron chi connectivity index (χ1n) is 11.2. The van der Waals surface area contributed by atoms with Crippen LogP contribution in [0, 0.1) is 0 Å². The van der Waals surface area contributed by atoms with Crippen LogP contribution in [0.15, 0.2) is 106 Å². The minimum Gasteiger partial charge on any atom is -0.462 e. The maximum Gasteiger partial charge on any atom is 0.338 e. The zero-order valence-electron chi connectivity index (χ0n) is 18.7. The smallest absolute Gasteiger partial charge is 0.338 e. The van der Waals surface area contributed by atoms with Crippen molar-refractivity contribution in [2.75, 3.05) is 6.61 Å². The van der Waals surface area contributed by atoms with E-state index in [1.807, 2.05) is 72.9 Å². The summed E-state index contributed by atoms with van der Waals surface area (Å²) in [5, 5.41) is 0.832. The molecule has 5 heteroatoms. The van der Waals surface area contributed by atoms with Crippen LogP contribution in [0.5, 0.6) is 0 Å². The number of aromatic nitrogens is 1. The van der Waals surface area contributed by atoms with Crippen LogP contribution in [0.4, 0.5) is 0 Å². The van der Waals surface area contributed by atoms with E-state index in [9.17, 15) is 9.59 Å². The number of furan rings is 1. The van der Waals surface area contributed by atoms with Crippen molar-refractivity contribution >= 4 is 16.9 Å². The van der Waals surface area contributed by atoms with Crippen LogP contribution in [0.1, 0.15) is 22.8 Å². The van der Waals surface area contributed by atoms with Gasteiger partial charge < -0.3 is 13.7 Å². The summed E-state index contributed by atoms with van der Waals surface area (Å²) in [6.45, 7) is 2.51. The highest BCUT2D eigenvalue weighted by Gasteiger charge is 2.18. The third kappa shape index (κ3) is 4.16. The molecular weight excluding hydrogens is 426 g/mol. The summed E-state index contributed by atoms with van der Waals surface area (Å²) in [4.78, 5) is 25.7. The maximum atomic E-state index is 13.7. The number of nitrogens with zero attached hydrogens (tertiary/aromatic N) is 1. The lowest BCUT2D eigenvalue weighted by molar-refractivity contribution is 0.0526. The third-order valence-corrected chi connectivity index (χ3v) is 5.70. The van der Waals surface area contributed by atoms with Gasteiger partial charge in [0.1, 0.15) is 11.3 Å². The number of esters is 1. The van der Waals surface area contributed by atoms with Crippen molar-refractivity contribution < 1.29 is 13.9 Å². The molecule has 2 aromatic heterocycles. The number of carbonyl (C=O) groups is 1. The summed E-state index contributed by atoms with van der Waals surface area (Å²) >= 11 is 0. The van der Waals surface area contributed by atoms with Gasteiger partial charge in [-0.1, -0.05) is 72.8 Å². The number of hydrogen-bond acceptors (Lipinski definition) is 4. The highest BCUT2D eigenvalue weighted by atomic mass is 16.5. The van der Waals surface area contributed by atoms with E-state index in [0.717, 1.165) is 16.5 Å². The predicted molar refractivity (Wildman–Crippen MR) is 133 cm³/mol. The quantitative estimate of drug-likeness (QED) is 0.292. The number of carbonyl (C=O) groups excluding carboxylic acids is 1. The van der Waals surface area contributed by atoms with Crippen molar-refractivity contribution in [2.24, 2.45) is 0 Å². The second-order valence-electron chi connectivity index (χ2n) is 7.98. The fourth-order valence-corrected chi connectivity index (χ4v) is 4.05. The molecule has 34 heavy (non-hydrogen) atoms. The van der Waals surface area contributed by atoms with E-state index in [-0.39, 0.29) is 5.56 Å². The molecule has 0 fully saturated rings. The minimum absolute atomic E-state index is 0.158. The molecule has 0 unspecified atom stereocenters. The third-order valence-electron chi connectivity index (χ3n) is 5.70. The first-order chi connectivity index (χ1) is 16.6. The molecule has 0 aliphatic carbocycles. The summed E-state index contributed by atoms with van der Waals surface area (Å²) in [7, 11) is 0. The summed E-state index contributed by atoms with van der Waals surface area (Å²) in [5.41, 5.74) is 3.91. The molecule has 0 aliphatic rings. The Hall–Kier alpha value is -4.38. The predicted octanol–water partition coefficient (Wildman–Crippen LogP) is 6.15. The van der Waals surface area contributed by atoms with Crippen LogP contribution in [0.3, 0.4) is 0 Å². The Balaban J connectivity index is 1.67. The van der Waals surface area contributed by atoms with E-state index in [4.69, 9.17) is 9.15 Å². The maximum absolute atomic E-state index is 13.7. The number of benzene rings is 3. The van der Waals surface area contributed by atoms with Gasteiger partial charge in [0.15, 0.2) is 0 Å². The lowest BCUT2D eigenvalue weighted by atomic mass is 10.0. The van der Waals surface area contributed by atoms with E-state index in [0.29, 0.717) is 41.2 Å². The van der Waals surface area contributed by atoms with Gasteiger partial charge in [0.25, 0.3) is 5.56 Å². The topological polar surface area (TPSA) is 61.4 Å². The zero-order valence-corrected chi connectivity index (χ0v) is 18.7. The molecule has 5 aromatic rings. The molecule has 3 aromatic carbocycles. The molecule has 0 amide bonds. The van der Waals surface area contributed by atoms with Gasteiger partial charge in [-0.3, -0.25) is 4.79 Å². The van der Waals surface area contributed by atoms with Gasteiger partial charge in [-0.05, 0) is 36.2 Å². The second-order valence-corrected chi connectivity index (χ2v) is 7.98. The highest BCUT2D eigenvalue weighted by Crippen LogP contribution is 2.33. The van der Waals surface area contributed by atoms with E-state index in [1.165, 1.54) is 0 Å². The van der Waals surface area contributed by atoms with Crippen LogP contribution < -0.4 is 5.56 Å². The zero-order chi connectivity index (χ0) is 23.5. The highest BCUT2D eigenvalue weighted by molar-refractivity contribution is 5.95. The van der Waals surface area contributed by atoms with Crippen molar-refractivity contribution in [1.29, 1.82) is 0 Å². The molecule has 0 bridgehead atoms. The molecule has 168 valence electrons. The molecule has 0 atom stereocenters. The minimum atomic E-state index is -0.391. The number of rotatable bonds is 6. The van der Waals surface area contributed by atoms with E-state index in [1.54, 1.807) is 35.8 Å². The Morgan fingerprint density at radius 2 is 1.56 bits per heavy atom. The molecule has 0 radical (unpaired) electrons. The number of ether oxygens (including phenoxy) is 1. The SMILES string of the molecule is CCOC(=O)c1ccc(-c2c(=O)n(Cc3ccccc3)cc3cc(-c4ccccc4)oc23)cc1. The van der Waals surface area contributed by atoms with E-state index in [2.05, 4.69) is 0 Å². The lowest BCUT2D eigenvalue weighted by Gasteiger charge is -2.10. The molecule has 0 spiro atoms. The average Bonchev–Trinajstić information content (AvgIpc) is 3.29. The first-order valence-corrected chi connectivity index (χ1v) is 11.2. The Labute approximate surface area is 196 Å². The van der Waals surface area contributed by atoms with Gasteiger partial charge in [0.2, 0.25) is 0 Å². The van der Waals surface area contributed by atoms with Gasteiger partial charge >= 0.3 is 5.97 Å². The molecule has 0 saturated carbocycles. The van der Waals surface area contributed by atoms with Gasteiger partial charge in [-0.2, -0.15) is 0 Å². The molecule has 5 nitrogen and oxygen atoms in total. The summed E-state index contributed by atoms with van der Waals surface area (Å²) in [6.07, 6.45) is 1.84. The van der Waals surface area contributed by atoms with Crippen LogP contribution in [0.2, 0.25) is 0 Å². The summed E-state index contributed by atoms with van der Waals surface area (Å²) in [6, 6.07) is 28.5. The van der Waals surface area contributed by atoms with Crippen LogP contribution in [-0.2, 0) is 11.3 Å². The van der Waals surface area contributed by atoms with Crippen LogP contribution in [-0.4, -0.2) is 17.1 Å². The van der Waals surface area contributed by atoms with Crippen molar-refractivity contribution in [3.8, 4) is 22.5 Å². The monoisotopic (exact) mass is 449 g/mol. The molecule has 2 heterocycles. The average molecular weight is 450 g/mol. The Kier molecular flexibility index (Phi) is 5.83. The van der Waals surface area contributed by atoms with E-state index < -0.39 is 5.97 Å². The van der Waals surface area contributed by atoms with Crippen molar-refractivity contribution in [2.45, 2.75) is 13.5 Å². The molecular formula is C29H23NO4. The number of hydrogen-bond donors (Lipinski definition) is 0. The van der Waals surface area contributed by atoms with Gasteiger partial charge in [-0.25, -0.2) is 4.79 Å². The van der Waals surface area contributed by atoms with Gasteiger partial charge in [0.05, 0.1) is 24.3 Å². The standard InChI is InChI=1S/C29H23NO4/c1-2-33-29(32)23-15-13-22(14-16-23)26-27-24(17-25(34-27)21-11-7-4-8-12-21)19-30(28(26)31)18-20-9-5-3-6-10-20/h3-17,19H,2,18H2,1H3. The normalized spacial score (nSPS) is 11.0. The molecule has 5 rings (SSSR count). The largest absolute Gasteiger partial charge is 0.462 e. The van der Waals surface area contributed by atoms with Crippen LogP contribution in [0.25, 0.3) is 33.4 Å². The summed E-state index contributed by atoms with van der Waals surface area (Å²) in [5.74, 6) is 0.301. The van der Waals surface area contributed by atoms with Crippen molar-refractivity contribution in [3.63, 3.8) is 0 Å². The van der Waals surface area contributed by atoms with Gasteiger partial charge in [0, 0.05) is 17.1 Å². The molecule has 0 aliphatic heterocycles. The fraction of sp³-hybridized carbons (Fsp3) is 0.103. The van der Waals surface area contributed by atoms with Crippen molar-refractivity contribution in [1.82, 2.24) is 4.57 Å². The Morgan fingerprint density at radius 1 is 0.882 bits per heavy atom. The lowest BCUT2D eigenvalue weighted by Crippen LogP contribution is -2.22. The van der Waals surface area contributed by atoms with Crippen LogP contribution >= 0.6 is 0 Å².